The maximum atomic E-state index is 5.48. The van der Waals surface area contributed by atoms with E-state index < -0.39 is 0 Å². The zero-order valence-electron chi connectivity index (χ0n) is 16.2. The van der Waals surface area contributed by atoms with Crippen LogP contribution in [0.3, 0.4) is 0 Å². The molecule has 1 aliphatic rings. The van der Waals surface area contributed by atoms with Gasteiger partial charge in [-0.3, -0.25) is 0 Å². The monoisotopic (exact) mass is 333 g/mol. The van der Waals surface area contributed by atoms with Gasteiger partial charge in [0.25, 0.3) is 0 Å². The van der Waals surface area contributed by atoms with Crippen molar-refractivity contribution in [3.63, 3.8) is 0 Å². The van der Waals surface area contributed by atoms with Gasteiger partial charge in [-0.1, -0.05) is 94.9 Å². The Morgan fingerprint density at radius 1 is 0.625 bits per heavy atom. The van der Waals surface area contributed by atoms with Crippen LogP contribution in [-0.2, 0) is 0 Å². The molecule has 1 aliphatic carbocycles. The highest BCUT2D eigenvalue weighted by Gasteiger charge is 2.13. The summed E-state index contributed by atoms with van der Waals surface area (Å²) in [5, 5.41) is 0. The number of rotatable bonds is 16. The minimum Gasteiger partial charge on any atom is -0.330 e. The van der Waals surface area contributed by atoms with Crippen molar-refractivity contribution in [2.24, 2.45) is 11.7 Å². The van der Waals surface area contributed by atoms with Crippen molar-refractivity contribution in [3.8, 4) is 0 Å². The number of hydrogen-bond acceptors (Lipinski definition) is 1. The van der Waals surface area contributed by atoms with E-state index in [0.29, 0.717) is 0 Å². The zero-order valence-corrected chi connectivity index (χ0v) is 16.2. The summed E-state index contributed by atoms with van der Waals surface area (Å²) in [5.41, 5.74) is 5.48. The number of nitrogens with two attached hydrogens (primary N) is 1. The Hall–Kier alpha value is -0.560. The molecule has 0 saturated heterocycles. The highest BCUT2D eigenvalue weighted by molar-refractivity contribution is 4.92. The molecule has 2 N–H and O–H groups in total. The van der Waals surface area contributed by atoms with E-state index in [1.807, 2.05) is 0 Å². The van der Waals surface area contributed by atoms with E-state index in [9.17, 15) is 0 Å². The molecule has 0 aromatic heterocycles. The molecule has 1 nitrogen and oxygen atoms in total. The zero-order chi connectivity index (χ0) is 17.1. The van der Waals surface area contributed by atoms with Crippen molar-refractivity contribution in [1.29, 1.82) is 0 Å². The van der Waals surface area contributed by atoms with E-state index in [4.69, 9.17) is 5.73 Å². The highest BCUT2D eigenvalue weighted by Crippen LogP contribution is 2.29. The first-order valence-electron chi connectivity index (χ1n) is 10.9. The predicted molar refractivity (Wildman–Crippen MR) is 109 cm³/mol. The quantitative estimate of drug-likeness (QED) is 0.232. The third-order valence-corrected chi connectivity index (χ3v) is 5.39. The lowest BCUT2D eigenvalue weighted by Crippen LogP contribution is -1.96. The average Bonchev–Trinajstić information content (AvgIpc) is 3.11. The summed E-state index contributed by atoms with van der Waals surface area (Å²) in [5.74, 6) is 1.09. The molecule has 1 heteroatoms. The summed E-state index contributed by atoms with van der Waals surface area (Å²) in [6.07, 6.45) is 32.9. The average molecular weight is 334 g/mol. The first kappa shape index (κ1) is 21.5. The lowest BCUT2D eigenvalue weighted by molar-refractivity contribution is 0.461. The Kier molecular flexibility index (Phi) is 15.5. The molecular weight excluding hydrogens is 290 g/mol. The van der Waals surface area contributed by atoms with Crippen LogP contribution in [-0.4, -0.2) is 6.54 Å². The Balaban J connectivity index is 1.73. The van der Waals surface area contributed by atoms with Gasteiger partial charge in [0.1, 0.15) is 0 Å². The summed E-state index contributed by atoms with van der Waals surface area (Å²) < 4.78 is 0. The standard InChI is InChI=1S/C23H43N/c24-22-18-14-12-10-8-6-4-2-1-3-5-7-9-11-13-15-19-23-20-16-17-21-23/h2,4,8,10,23H,1,3,5-7,9,11-22,24H2/b4-2-,10-8-. The Morgan fingerprint density at radius 2 is 1.17 bits per heavy atom. The van der Waals surface area contributed by atoms with Crippen molar-refractivity contribution in [2.75, 3.05) is 6.54 Å². The second kappa shape index (κ2) is 17.3. The summed E-state index contributed by atoms with van der Waals surface area (Å²) in [4.78, 5) is 0. The van der Waals surface area contributed by atoms with Crippen LogP contribution in [0.2, 0.25) is 0 Å². The summed E-state index contributed by atoms with van der Waals surface area (Å²) >= 11 is 0. The largest absolute Gasteiger partial charge is 0.330 e. The first-order chi connectivity index (χ1) is 11.9. The van der Waals surface area contributed by atoms with E-state index >= 15 is 0 Å². The third-order valence-electron chi connectivity index (χ3n) is 5.39. The van der Waals surface area contributed by atoms with Gasteiger partial charge in [-0.05, 0) is 51.0 Å². The lowest BCUT2D eigenvalue weighted by Gasteiger charge is -2.07. The fourth-order valence-corrected chi connectivity index (χ4v) is 3.79. The molecule has 0 radical (unpaired) electrons. The molecule has 0 amide bonds. The maximum Gasteiger partial charge on any atom is -0.00772 e. The smallest absolute Gasteiger partial charge is 0.00772 e. The van der Waals surface area contributed by atoms with Gasteiger partial charge in [-0.2, -0.15) is 0 Å². The van der Waals surface area contributed by atoms with Crippen LogP contribution in [0.1, 0.15) is 109 Å². The van der Waals surface area contributed by atoms with Crippen LogP contribution >= 0.6 is 0 Å². The van der Waals surface area contributed by atoms with Crippen LogP contribution in [0.5, 0.6) is 0 Å². The van der Waals surface area contributed by atoms with E-state index in [-0.39, 0.29) is 0 Å². The van der Waals surface area contributed by atoms with Crippen molar-refractivity contribution >= 4 is 0 Å². The molecule has 0 bridgehead atoms. The lowest BCUT2D eigenvalue weighted by atomic mass is 9.99. The molecule has 1 saturated carbocycles. The van der Waals surface area contributed by atoms with Gasteiger partial charge < -0.3 is 5.73 Å². The molecule has 0 unspecified atom stereocenters. The predicted octanol–water partition coefficient (Wildman–Crippen LogP) is 7.32. The number of hydrogen-bond donors (Lipinski definition) is 1. The summed E-state index contributed by atoms with van der Waals surface area (Å²) in [7, 11) is 0. The van der Waals surface area contributed by atoms with Crippen molar-refractivity contribution < 1.29 is 0 Å². The number of allylic oxidation sites excluding steroid dienone is 4. The summed E-state index contributed by atoms with van der Waals surface area (Å²) in [6.45, 7) is 0.828. The molecule has 1 rings (SSSR count). The molecule has 140 valence electrons. The van der Waals surface area contributed by atoms with Crippen molar-refractivity contribution in [2.45, 2.75) is 109 Å². The van der Waals surface area contributed by atoms with Crippen LogP contribution in [0.4, 0.5) is 0 Å². The van der Waals surface area contributed by atoms with E-state index in [2.05, 4.69) is 24.3 Å². The molecule has 0 aromatic carbocycles. The highest BCUT2D eigenvalue weighted by atomic mass is 14.5. The van der Waals surface area contributed by atoms with Gasteiger partial charge >= 0.3 is 0 Å². The van der Waals surface area contributed by atoms with Crippen molar-refractivity contribution in [1.82, 2.24) is 0 Å². The SMILES string of the molecule is NCCCC/C=C\C/C=C\CCCCCCCCCC1CCCC1. The second-order valence-corrected chi connectivity index (χ2v) is 7.67. The summed E-state index contributed by atoms with van der Waals surface area (Å²) in [6, 6.07) is 0. The van der Waals surface area contributed by atoms with Gasteiger partial charge in [-0.25, -0.2) is 0 Å². The van der Waals surface area contributed by atoms with E-state index in [0.717, 1.165) is 25.3 Å². The van der Waals surface area contributed by atoms with Gasteiger partial charge in [0.05, 0.1) is 0 Å². The minimum absolute atomic E-state index is 0.828. The fourth-order valence-electron chi connectivity index (χ4n) is 3.79. The second-order valence-electron chi connectivity index (χ2n) is 7.67. The Labute approximate surface area is 152 Å². The maximum absolute atomic E-state index is 5.48. The van der Waals surface area contributed by atoms with Crippen LogP contribution < -0.4 is 5.73 Å². The Morgan fingerprint density at radius 3 is 1.79 bits per heavy atom. The van der Waals surface area contributed by atoms with Gasteiger partial charge in [-0.15, -0.1) is 0 Å². The van der Waals surface area contributed by atoms with Crippen molar-refractivity contribution in [3.05, 3.63) is 24.3 Å². The molecule has 0 heterocycles. The molecule has 0 atom stereocenters. The topological polar surface area (TPSA) is 26.0 Å². The minimum atomic E-state index is 0.828. The van der Waals surface area contributed by atoms with E-state index in [1.54, 1.807) is 0 Å². The Bertz CT molecular complexity index is 299. The molecule has 0 spiro atoms. The van der Waals surface area contributed by atoms with Crippen LogP contribution in [0.15, 0.2) is 24.3 Å². The number of unbranched alkanes of at least 4 members (excludes halogenated alkanes) is 9. The first-order valence-corrected chi connectivity index (χ1v) is 10.9. The third kappa shape index (κ3) is 13.8. The van der Waals surface area contributed by atoms with Gasteiger partial charge in [0.2, 0.25) is 0 Å². The molecule has 0 aliphatic heterocycles. The van der Waals surface area contributed by atoms with Crippen LogP contribution in [0, 0.1) is 5.92 Å². The molecule has 1 fully saturated rings. The van der Waals surface area contributed by atoms with Gasteiger partial charge in [0, 0.05) is 0 Å². The molecular formula is C23H43N. The molecule has 24 heavy (non-hydrogen) atoms. The van der Waals surface area contributed by atoms with E-state index in [1.165, 1.54) is 96.3 Å². The fraction of sp³-hybridized carbons (Fsp3) is 0.826. The van der Waals surface area contributed by atoms with Gasteiger partial charge in [0.15, 0.2) is 0 Å². The normalized spacial score (nSPS) is 16.0. The molecule has 0 aromatic rings. The van der Waals surface area contributed by atoms with Crippen LogP contribution in [0.25, 0.3) is 0 Å².